The smallest absolute Gasteiger partial charge is 0.165 e. The Morgan fingerprint density at radius 2 is 1.86 bits per heavy atom. The molecule has 2 aromatic heterocycles. The van der Waals surface area contributed by atoms with E-state index < -0.39 is 0 Å². The first kappa shape index (κ1) is 18.5. The Kier molecular flexibility index (Phi) is 5.27. The Labute approximate surface area is 166 Å². The Morgan fingerprint density at radius 3 is 2.54 bits per heavy atom. The number of rotatable bonds is 5. The third-order valence-corrected chi connectivity index (χ3v) is 5.36. The Hall–Kier alpha value is -2.91. The average molecular weight is 374 g/mol. The van der Waals surface area contributed by atoms with Crippen LogP contribution in [-0.4, -0.2) is 52.2 Å². The van der Waals surface area contributed by atoms with Gasteiger partial charge in [0.1, 0.15) is 5.82 Å². The lowest BCUT2D eigenvalue weighted by Gasteiger charge is -2.34. The molecule has 3 aromatic rings. The maximum Gasteiger partial charge on any atom is 0.165 e. The van der Waals surface area contributed by atoms with Crippen molar-refractivity contribution in [3.63, 3.8) is 0 Å². The van der Waals surface area contributed by atoms with E-state index in [9.17, 15) is 0 Å². The molecule has 0 N–H and O–H groups in total. The quantitative estimate of drug-likeness (QED) is 0.641. The number of hydrogen-bond donors (Lipinski definition) is 0. The van der Waals surface area contributed by atoms with E-state index in [-0.39, 0.29) is 0 Å². The van der Waals surface area contributed by atoms with Gasteiger partial charge in [0.2, 0.25) is 0 Å². The van der Waals surface area contributed by atoms with Gasteiger partial charge in [0.25, 0.3) is 0 Å². The molecule has 4 rings (SSSR count). The fourth-order valence-electron chi connectivity index (χ4n) is 3.94. The van der Waals surface area contributed by atoms with E-state index in [2.05, 4.69) is 60.0 Å². The summed E-state index contributed by atoms with van der Waals surface area (Å²) in [6, 6.07) is 14.8. The molecule has 28 heavy (non-hydrogen) atoms. The highest BCUT2D eigenvalue weighted by atomic mass is 15.4. The minimum Gasteiger partial charge on any atom is -0.354 e. The van der Waals surface area contributed by atoms with E-state index in [0.29, 0.717) is 6.54 Å². The molecule has 1 fully saturated rings. The summed E-state index contributed by atoms with van der Waals surface area (Å²) in [5.74, 6) is 1.11. The standard InChI is InChI=1S/C22H26N6/c1-3-7-19-16-20(27-14-12-26(11-10-23)13-15-27)28-22(24-19)21(17(2)25-28)18-8-5-4-6-9-18/h4-6,8-9,16H,3,7,11-15H2,1-2H3. The van der Waals surface area contributed by atoms with Crippen molar-refractivity contribution >= 4 is 11.5 Å². The van der Waals surface area contributed by atoms with Crippen LogP contribution in [0.25, 0.3) is 16.8 Å². The molecule has 0 saturated carbocycles. The SMILES string of the molecule is CCCc1cc(N2CCN(CC#N)CC2)n2nc(C)c(-c3ccccc3)c2n1. The van der Waals surface area contributed by atoms with Crippen molar-refractivity contribution in [3.8, 4) is 17.2 Å². The third-order valence-electron chi connectivity index (χ3n) is 5.36. The van der Waals surface area contributed by atoms with Crippen molar-refractivity contribution < 1.29 is 0 Å². The minimum absolute atomic E-state index is 0.500. The van der Waals surface area contributed by atoms with Crippen LogP contribution in [0.1, 0.15) is 24.7 Å². The fourth-order valence-corrected chi connectivity index (χ4v) is 3.94. The van der Waals surface area contributed by atoms with Gasteiger partial charge in [-0.15, -0.1) is 0 Å². The van der Waals surface area contributed by atoms with E-state index in [4.69, 9.17) is 15.3 Å². The molecule has 6 heteroatoms. The van der Waals surface area contributed by atoms with Gasteiger partial charge < -0.3 is 4.90 Å². The topological polar surface area (TPSA) is 60.5 Å². The fraction of sp³-hybridized carbons (Fsp3) is 0.409. The summed E-state index contributed by atoms with van der Waals surface area (Å²) in [6.07, 6.45) is 2.02. The maximum atomic E-state index is 8.95. The zero-order valence-electron chi connectivity index (χ0n) is 16.6. The lowest BCUT2D eigenvalue weighted by molar-refractivity contribution is 0.286. The van der Waals surface area contributed by atoms with Crippen LogP contribution >= 0.6 is 0 Å². The van der Waals surface area contributed by atoms with Crippen LogP contribution in [0.3, 0.4) is 0 Å². The second-order valence-corrected chi connectivity index (χ2v) is 7.34. The molecular weight excluding hydrogens is 348 g/mol. The van der Waals surface area contributed by atoms with Crippen LogP contribution < -0.4 is 4.90 Å². The lowest BCUT2D eigenvalue weighted by atomic mass is 10.1. The van der Waals surface area contributed by atoms with Crippen molar-refractivity contribution in [2.75, 3.05) is 37.6 Å². The average Bonchev–Trinajstić information content (AvgIpc) is 3.05. The van der Waals surface area contributed by atoms with Crippen molar-refractivity contribution in [2.45, 2.75) is 26.7 Å². The zero-order chi connectivity index (χ0) is 19.5. The molecule has 1 aromatic carbocycles. The number of aromatic nitrogens is 3. The molecule has 0 radical (unpaired) electrons. The molecular formula is C22H26N6. The van der Waals surface area contributed by atoms with Gasteiger partial charge >= 0.3 is 0 Å². The molecule has 1 aliphatic heterocycles. The molecule has 1 aliphatic rings. The van der Waals surface area contributed by atoms with Crippen molar-refractivity contribution in [1.82, 2.24) is 19.5 Å². The summed E-state index contributed by atoms with van der Waals surface area (Å²) in [5.41, 5.74) is 5.31. The summed E-state index contributed by atoms with van der Waals surface area (Å²) in [6.45, 7) is 8.33. The molecule has 0 spiro atoms. The molecule has 144 valence electrons. The van der Waals surface area contributed by atoms with Gasteiger partial charge in [-0.3, -0.25) is 4.90 Å². The summed E-state index contributed by atoms with van der Waals surface area (Å²) >= 11 is 0. The van der Waals surface area contributed by atoms with Crippen LogP contribution in [-0.2, 0) is 6.42 Å². The number of anilines is 1. The predicted molar refractivity (Wildman–Crippen MR) is 111 cm³/mol. The number of nitriles is 1. The molecule has 0 bridgehead atoms. The lowest BCUT2D eigenvalue weighted by Crippen LogP contribution is -2.47. The van der Waals surface area contributed by atoms with E-state index in [1.165, 1.54) is 0 Å². The number of hydrogen-bond acceptors (Lipinski definition) is 5. The highest BCUT2D eigenvalue weighted by molar-refractivity contribution is 5.81. The van der Waals surface area contributed by atoms with Crippen LogP contribution in [0.15, 0.2) is 36.4 Å². The normalized spacial score (nSPS) is 15.1. The number of piperazine rings is 1. The molecule has 6 nitrogen and oxygen atoms in total. The zero-order valence-corrected chi connectivity index (χ0v) is 16.6. The molecule has 0 aliphatic carbocycles. The van der Waals surface area contributed by atoms with Crippen LogP contribution in [0.5, 0.6) is 0 Å². The summed E-state index contributed by atoms with van der Waals surface area (Å²) in [7, 11) is 0. The first-order chi connectivity index (χ1) is 13.7. The Morgan fingerprint density at radius 1 is 1.11 bits per heavy atom. The van der Waals surface area contributed by atoms with Crippen molar-refractivity contribution in [3.05, 3.63) is 47.8 Å². The number of aryl methyl sites for hydroxylation is 2. The van der Waals surface area contributed by atoms with Gasteiger partial charge in [-0.25, -0.2) is 4.98 Å². The highest BCUT2D eigenvalue weighted by Gasteiger charge is 2.22. The summed E-state index contributed by atoms with van der Waals surface area (Å²) < 4.78 is 2.01. The van der Waals surface area contributed by atoms with Crippen molar-refractivity contribution in [1.29, 1.82) is 5.26 Å². The number of nitrogens with zero attached hydrogens (tertiary/aromatic N) is 6. The Bertz CT molecular complexity index is 993. The molecule has 0 unspecified atom stereocenters. The maximum absolute atomic E-state index is 8.95. The number of benzene rings is 1. The minimum atomic E-state index is 0.500. The third kappa shape index (κ3) is 3.46. The van der Waals surface area contributed by atoms with E-state index >= 15 is 0 Å². The predicted octanol–water partition coefficient (Wildman–Crippen LogP) is 3.30. The summed E-state index contributed by atoms with van der Waals surface area (Å²) in [4.78, 5) is 9.56. The van der Waals surface area contributed by atoms with Gasteiger partial charge in [-0.1, -0.05) is 43.7 Å². The second kappa shape index (κ2) is 7.99. The number of fused-ring (bicyclic) bond motifs is 1. The summed E-state index contributed by atoms with van der Waals surface area (Å²) in [5, 5.41) is 13.8. The van der Waals surface area contributed by atoms with E-state index in [1.54, 1.807) is 0 Å². The largest absolute Gasteiger partial charge is 0.354 e. The van der Waals surface area contributed by atoms with Crippen LogP contribution in [0.4, 0.5) is 5.82 Å². The Balaban J connectivity index is 1.79. The van der Waals surface area contributed by atoms with Crippen LogP contribution in [0, 0.1) is 18.3 Å². The van der Waals surface area contributed by atoms with Crippen molar-refractivity contribution in [2.24, 2.45) is 0 Å². The first-order valence-electron chi connectivity index (χ1n) is 10.00. The monoisotopic (exact) mass is 374 g/mol. The van der Waals surface area contributed by atoms with Gasteiger partial charge in [0.15, 0.2) is 5.65 Å². The molecule has 1 saturated heterocycles. The molecule has 0 amide bonds. The van der Waals surface area contributed by atoms with Gasteiger partial charge in [-0.05, 0) is 18.9 Å². The van der Waals surface area contributed by atoms with E-state index in [1.807, 2.05) is 10.6 Å². The first-order valence-corrected chi connectivity index (χ1v) is 10.00. The van der Waals surface area contributed by atoms with E-state index in [0.717, 1.165) is 73.0 Å². The molecule has 3 heterocycles. The highest BCUT2D eigenvalue weighted by Crippen LogP contribution is 2.30. The molecule has 0 atom stereocenters. The second-order valence-electron chi connectivity index (χ2n) is 7.34. The van der Waals surface area contributed by atoms with Gasteiger partial charge in [0.05, 0.1) is 18.3 Å². The van der Waals surface area contributed by atoms with Crippen LogP contribution in [0.2, 0.25) is 0 Å². The van der Waals surface area contributed by atoms with Gasteiger partial charge in [0, 0.05) is 43.5 Å². The van der Waals surface area contributed by atoms with Gasteiger partial charge in [-0.2, -0.15) is 14.9 Å².